The predicted octanol–water partition coefficient (Wildman–Crippen LogP) is 4.25. The van der Waals surface area contributed by atoms with Crippen molar-refractivity contribution in [2.24, 2.45) is 0 Å². The number of aliphatic carboxylic acids is 1. The smallest absolute Gasteiger partial charge is 0.311 e. The van der Waals surface area contributed by atoms with E-state index in [1.165, 1.54) is 5.39 Å². The zero-order valence-corrected chi connectivity index (χ0v) is 11.6. The highest BCUT2D eigenvalue weighted by Crippen LogP contribution is 2.23. The first-order chi connectivity index (χ1) is 10.2. The Morgan fingerprint density at radius 1 is 0.857 bits per heavy atom. The van der Waals surface area contributed by atoms with Crippen molar-refractivity contribution in [3.63, 3.8) is 0 Å². The van der Waals surface area contributed by atoms with E-state index in [-0.39, 0.29) is 0 Å². The lowest BCUT2D eigenvalue weighted by atomic mass is 9.91. The van der Waals surface area contributed by atoms with Crippen molar-refractivity contribution >= 4 is 16.7 Å². The van der Waals surface area contributed by atoms with Gasteiger partial charge in [0.25, 0.3) is 0 Å². The predicted molar refractivity (Wildman–Crippen MR) is 84.5 cm³/mol. The molecule has 1 N–H and O–H groups in total. The topological polar surface area (TPSA) is 37.3 Å². The lowest BCUT2D eigenvalue weighted by Crippen LogP contribution is -2.14. The fraction of sp³-hybridized carbons (Fsp3) is 0.105. The Bertz CT molecular complexity index is 763. The number of carbonyl (C=O) groups is 1. The number of rotatable bonds is 4. The zero-order chi connectivity index (χ0) is 14.7. The Balaban J connectivity index is 1.93. The summed E-state index contributed by atoms with van der Waals surface area (Å²) in [6.07, 6.45) is 0.504. The third-order valence-corrected chi connectivity index (χ3v) is 3.75. The van der Waals surface area contributed by atoms with Crippen molar-refractivity contribution < 1.29 is 9.90 Å². The second-order valence-electron chi connectivity index (χ2n) is 5.19. The molecular formula is C19H16O2. The summed E-state index contributed by atoms with van der Waals surface area (Å²) in [5.74, 6) is -1.29. The van der Waals surface area contributed by atoms with Gasteiger partial charge in [0.2, 0.25) is 0 Å². The van der Waals surface area contributed by atoms with Crippen LogP contribution in [0.15, 0.2) is 72.8 Å². The summed E-state index contributed by atoms with van der Waals surface area (Å²) in [5, 5.41) is 11.8. The summed E-state index contributed by atoms with van der Waals surface area (Å²) in [6.45, 7) is 0. The fourth-order valence-electron chi connectivity index (χ4n) is 2.63. The number of hydrogen-bond donors (Lipinski definition) is 1. The van der Waals surface area contributed by atoms with Crippen molar-refractivity contribution in [1.82, 2.24) is 0 Å². The second-order valence-corrected chi connectivity index (χ2v) is 5.19. The van der Waals surface area contributed by atoms with Crippen LogP contribution in [0.25, 0.3) is 10.8 Å². The standard InChI is InChI=1S/C19H16O2/c20-19(21)18(16-7-2-1-3-8-16)13-14-10-11-15-6-4-5-9-17(15)12-14/h1-12,18H,13H2,(H,20,21)/t18-/m1/s1. The van der Waals surface area contributed by atoms with Crippen molar-refractivity contribution in [3.8, 4) is 0 Å². The highest BCUT2D eigenvalue weighted by Gasteiger charge is 2.20. The van der Waals surface area contributed by atoms with E-state index in [1.54, 1.807) is 0 Å². The van der Waals surface area contributed by atoms with Gasteiger partial charge in [-0.15, -0.1) is 0 Å². The summed E-state index contributed by atoms with van der Waals surface area (Å²) in [5.41, 5.74) is 1.89. The van der Waals surface area contributed by atoms with Crippen LogP contribution in [0, 0.1) is 0 Å². The van der Waals surface area contributed by atoms with Crippen LogP contribution < -0.4 is 0 Å². The molecule has 0 aliphatic carbocycles. The lowest BCUT2D eigenvalue weighted by molar-refractivity contribution is -0.138. The van der Waals surface area contributed by atoms with Gasteiger partial charge >= 0.3 is 5.97 Å². The van der Waals surface area contributed by atoms with Gasteiger partial charge in [-0.25, -0.2) is 0 Å². The van der Waals surface area contributed by atoms with E-state index in [1.807, 2.05) is 48.5 Å². The van der Waals surface area contributed by atoms with E-state index in [9.17, 15) is 9.90 Å². The molecule has 0 saturated carbocycles. The minimum absolute atomic E-state index is 0.504. The molecular weight excluding hydrogens is 260 g/mol. The van der Waals surface area contributed by atoms with E-state index in [0.717, 1.165) is 16.5 Å². The van der Waals surface area contributed by atoms with Crippen LogP contribution >= 0.6 is 0 Å². The molecule has 3 rings (SSSR count). The molecule has 0 radical (unpaired) electrons. The Labute approximate surface area is 123 Å². The van der Waals surface area contributed by atoms with Gasteiger partial charge in [-0.2, -0.15) is 0 Å². The van der Waals surface area contributed by atoms with Crippen LogP contribution in [-0.4, -0.2) is 11.1 Å². The summed E-state index contributed by atoms with van der Waals surface area (Å²) in [7, 11) is 0. The average Bonchev–Trinajstić information content (AvgIpc) is 2.53. The van der Waals surface area contributed by atoms with E-state index in [4.69, 9.17) is 0 Å². The van der Waals surface area contributed by atoms with Gasteiger partial charge in [-0.3, -0.25) is 4.79 Å². The molecule has 0 spiro atoms. The van der Waals surface area contributed by atoms with Gasteiger partial charge < -0.3 is 5.11 Å². The highest BCUT2D eigenvalue weighted by atomic mass is 16.4. The van der Waals surface area contributed by atoms with Crippen LogP contribution in [0.2, 0.25) is 0 Å². The Morgan fingerprint density at radius 3 is 2.24 bits per heavy atom. The van der Waals surface area contributed by atoms with Crippen LogP contribution in [0.3, 0.4) is 0 Å². The van der Waals surface area contributed by atoms with Gasteiger partial charge in [0.15, 0.2) is 0 Å². The molecule has 0 heterocycles. The molecule has 0 amide bonds. The summed E-state index contributed by atoms with van der Waals surface area (Å²) < 4.78 is 0. The fourth-order valence-corrected chi connectivity index (χ4v) is 2.63. The monoisotopic (exact) mass is 276 g/mol. The second kappa shape index (κ2) is 5.80. The SMILES string of the molecule is O=C(O)[C@H](Cc1ccc2ccccc2c1)c1ccccc1. The molecule has 0 aliphatic rings. The van der Waals surface area contributed by atoms with Crippen LogP contribution in [0.1, 0.15) is 17.0 Å². The molecule has 0 aliphatic heterocycles. The zero-order valence-electron chi connectivity index (χ0n) is 11.6. The van der Waals surface area contributed by atoms with Crippen molar-refractivity contribution in [1.29, 1.82) is 0 Å². The molecule has 0 fully saturated rings. The quantitative estimate of drug-likeness (QED) is 0.773. The van der Waals surface area contributed by atoms with Crippen LogP contribution in [-0.2, 0) is 11.2 Å². The molecule has 21 heavy (non-hydrogen) atoms. The molecule has 0 unspecified atom stereocenters. The summed E-state index contributed by atoms with van der Waals surface area (Å²) in [4.78, 5) is 11.6. The maximum Gasteiger partial charge on any atom is 0.311 e. The first-order valence-corrected chi connectivity index (χ1v) is 6.99. The van der Waals surface area contributed by atoms with E-state index >= 15 is 0 Å². The Hall–Kier alpha value is -2.61. The molecule has 2 heteroatoms. The van der Waals surface area contributed by atoms with Crippen molar-refractivity contribution in [2.75, 3.05) is 0 Å². The summed E-state index contributed by atoms with van der Waals surface area (Å²) >= 11 is 0. The van der Waals surface area contributed by atoms with Gasteiger partial charge in [0.1, 0.15) is 0 Å². The Kier molecular flexibility index (Phi) is 3.69. The third-order valence-electron chi connectivity index (χ3n) is 3.75. The minimum Gasteiger partial charge on any atom is -0.481 e. The molecule has 1 atom stereocenters. The molecule has 3 aromatic rings. The minimum atomic E-state index is -0.783. The number of hydrogen-bond acceptors (Lipinski definition) is 1. The number of benzene rings is 3. The van der Waals surface area contributed by atoms with Gasteiger partial charge in [0.05, 0.1) is 5.92 Å². The average molecular weight is 276 g/mol. The Morgan fingerprint density at radius 2 is 1.52 bits per heavy atom. The van der Waals surface area contributed by atoms with Crippen LogP contribution in [0.4, 0.5) is 0 Å². The van der Waals surface area contributed by atoms with E-state index in [0.29, 0.717) is 6.42 Å². The van der Waals surface area contributed by atoms with Crippen molar-refractivity contribution in [2.45, 2.75) is 12.3 Å². The lowest BCUT2D eigenvalue weighted by Gasteiger charge is -2.13. The summed E-state index contributed by atoms with van der Waals surface area (Å²) in [6, 6.07) is 23.7. The van der Waals surface area contributed by atoms with Gasteiger partial charge in [0, 0.05) is 0 Å². The van der Waals surface area contributed by atoms with E-state index < -0.39 is 11.9 Å². The highest BCUT2D eigenvalue weighted by molar-refractivity contribution is 5.83. The molecule has 0 saturated heterocycles. The maximum absolute atomic E-state index is 11.6. The molecule has 0 bridgehead atoms. The number of carboxylic acid groups (broad SMARTS) is 1. The molecule has 3 aromatic carbocycles. The van der Waals surface area contributed by atoms with E-state index in [2.05, 4.69) is 24.3 Å². The first-order valence-electron chi connectivity index (χ1n) is 6.99. The molecule has 104 valence electrons. The number of fused-ring (bicyclic) bond motifs is 1. The largest absolute Gasteiger partial charge is 0.481 e. The third kappa shape index (κ3) is 2.95. The van der Waals surface area contributed by atoms with Crippen molar-refractivity contribution in [3.05, 3.63) is 83.9 Å². The number of carboxylic acids is 1. The van der Waals surface area contributed by atoms with Gasteiger partial charge in [-0.1, -0.05) is 72.8 Å². The maximum atomic E-state index is 11.6. The first kappa shape index (κ1) is 13.4. The van der Waals surface area contributed by atoms with Crippen LogP contribution in [0.5, 0.6) is 0 Å². The molecule has 2 nitrogen and oxygen atoms in total. The molecule has 0 aromatic heterocycles. The normalized spacial score (nSPS) is 12.2. The van der Waals surface area contributed by atoms with Gasteiger partial charge in [-0.05, 0) is 28.3 Å².